The summed E-state index contributed by atoms with van der Waals surface area (Å²) in [5.41, 5.74) is 2.63. The minimum Gasteiger partial charge on any atom is -0.508 e. The van der Waals surface area contributed by atoms with Gasteiger partial charge in [-0.3, -0.25) is 4.79 Å². The van der Waals surface area contributed by atoms with Crippen molar-refractivity contribution < 1.29 is 18.3 Å². The van der Waals surface area contributed by atoms with E-state index in [0.29, 0.717) is 49.1 Å². The van der Waals surface area contributed by atoms with Gasteiger partial charge in [0.2, 0.25) is 5.95 Å². The number of phenolic OH excluding ortho intramolecular Hbond substituents is 1. The molecule has 1 fully saturated rings. The molecule has 0 atom stereocenters. The molecule has 0 bridgehead atoms. The number of hydrogen-bond donors (Lipinski definition) is 1. The average Bonchev–Trinajstić information content (AvgIpc) is 3.53. The molecule has 0 radical (unpaired) electrons. The largest absolute Gasteiger partial charge is 0.508 e. The molecule has 192 valence electrons. The van der Waals surface area contributed by atoms with Crippen molar-refractivity contribution in [2.75, 3.05) is 36.0 Å². The number of amides is 1. The van der Waals surface area contributed by atoms with E-state index in [0.717, 1.165) is 16.6 Å². The summed E-state index contributed by atoms with van der Waals surface area (Å²) in [7, 11) is -2.85. The number of aromatic nitrogens is 6. The van der Waals surface area contributed by atoms with Crippen LogP contribution in [0.15, 0.2) is 65.4 Å². The Bertz CT molecular complexity index is 1800. The van der Waals surface area contributed by atoms with Gasteiger partial charge in [0.1, 0.15) is 12.3 Å². The zero-order valence-electron chi connectivity index (χ0n) is 19.9. The molecule has 1 N–H and O–H groups in total. The Kier molecular flexibility index (Phi) is 5.92. The number of piperazine rings is 1. The quantitative estimate of drug-likeness (QED) is 0.355. The molecular formula is C24H21N9O4S. The van der Waals surface area contributed by atoms with Crippen molar-refractivity contribution in [2.45, 2.75) is 6.54 Å². The van der Waals surface area contributed by atoms with Gasteiger partial charge in [0, 0.05) is 37.3 Å². The Morgan fingerprint density at radius 2 is 1.71 bits per heavy atom. The van der Waals surface area contributed by atoms with Crippen LogP contribution in [0.3, 0.4) is 0 Å². The number of phenols is 1. The maximum Gasteiger partial charge on any atom is 0.319 e. The van der Waals surface area contributed by atoms with Gasteiger partial charge in [-0.25, -0.2) is 9.67 Å². The molecule has 5 aromatic rings. The topological polar surface area (TPSA) is 152 Å². The lowest BCUT2D eigenvalue weighted by atomic mass is 10.2. The molecule has 1 saturated heterocycles. The van der Waals surface area contributed by atoms with Gasteiger partial charge >= 0.3 is 10.5 Å². The first kappa shape index (κ1) is 23.5. The minimum atomic E-state index is -2.85. The highest BCUT2D eigenvalue weighted by atomic mass is 32.2. The van der Waals surface area contributed by atoms with E-state index in [1.54, 1.807) is 23.0 Å². The summed E-state index contributed by atoms with van der Waals surface area (Å²) in [5.74, 6) is 0.266. The third kappa shape index (κ3) is 4.41. The highest BCUT2D eigenvalue weighted by Gasteiger charge is 2.24. The second-order valence-electron chi connectivity index (χ2n) is 8.70. The summed E-state index contributed by atoms with van der Waals surface area (Å²) in [4.78, 5) is 30.4. The molecule has 13 nitrogen and oxygen atoms in total. The zero-order valence-corrected chi connectivity index (χ0v) is 20.7. The fourth-order valence-electron chi connectivity index (χ4n) is 4.55. The average molecular weight is 532 g/mol. The van der Waals surface area contributed by atoms with E-state index in [4.69, 9.17) is 9.97 Å². The number of para-hydroxylation sites is 1. The number of carbonyl (C=O) groups excluding carboxylic acids is 1. The summed E-state index contributed by atoms with van der Waals surface area (Å²) in [6.07, 6.45) is 3.16. The van der Waals surface area contributed by atoms with Gasteiger partial charge in [0.15, 0.2) is 17.0 Å². The van der Waals surface area contributed by atoms with Gasteiger partial charge in [0.05, 0.1) is 18.0 Å². The Balaban J connectivity index is 1.40. The summed E-state index contributed by atoms with van der Waals surface area (Å²) >= 11 is 0. The molecule has 4 heterocycles. The molecule has 1 amide bonds. The van der Waals surface area contributed by atoms with Crippen LogP contribution in [0.1, 0.15) is 0 Å². The van der Waals surface area contributed by atoms with Gasteiger partial charge in [-0.15, -0.1) is 0 Å². The number of nitrogens with zero attached hydrogens (tertiary/aromatic N) is 9. The van der Waals surface area contributed by atoms with Crippen LogP contribution in [0.5, 0.6) is 5.75 Å². The molecule has 0 spiro atoms. The maximum atomic E-state index is 12.1. The zero-order chi connectivity index (χ0) is 26.2. The Hall–Kier alpha value is -4.85. The monoisotopic (exact) mass is 531 g/mol. The molecule has 6 rings (SSSR count). The van der Waals surface area contributed by atoms with E-state index in [2.05, 4.69) is 19.3 Å². The molecule has 2 aromatic carbocycles. The van der Waals surface area contributed by atoms with Crippen molar-refractivity contribution in [1.29, 1.82) is 0 Å². The minimum absolute atomic E-state index is 0.220. The number of carbonyl (C=O) groups is 1. The van der Waals surface area contributed by atoms with E-state index in [1.807, 2.05) is 41.3 Å². The van der Waals surface area contributed by atoms with Crippen LogP contribution < -0.4 is 9.80 Å². The Labute approximate surface area is 217 Å². The molecule has 0 unspecified atom stereocenters. The van der Waals surface area contributed by atoms with Crippen LogP contribution in [-0.4, -0.2) is 74.9 Å². The van der Waals surface area contributed by atoms with Crippen LogP contribution in [0.2, 0.25) is 0 Å². The second-order valence-corrected chi connectivity index (χ2v) is 9.32. The van der Waals surface area contributed by atoms with Crippen LogP contribution in [0.25, 0.3) is 27.9 Å². The first-order chi connectivity index (χ1) is 18.5. The smallest absolute Gasteiger partial charge is 0.319 e. The standard InChI is InChI=1S/C24H21N9O4S/c34-18-7-5-17(6-8-18)30-9-11-31(12-10-30)24-27-22-21(25-15-32(22)14-20(35)29-38(36)37)23(28-24)33-19-4-2-1-3-16(19)13-26-33/h1-8,13,15,34H,9-12,14H2. The van der Waals surface area contributed by atoms with Crippen molar-refractivity contribution in [3.63, 3.8) is 0 Å². The number of fused-ring (bicyclic) bond motifs is 2. The SMILES string of the molecule is O=C(Cn1cnc2c(-n3ncc4ccccc43)nc(N3CCN(c4ccc(O)cc4)CC3)nc21)N=S(=O)=O. The number of imidazole rings is 1. The lowest BCUT2D eigenvalue weighted by molar-refractivity contribution is -0.118. The third-order valence-corrected chi connectivity index (χ3v) is 6.72. The van der Waals surface area contributed by atoms with Crippen molar-refractivity contribution in [3.8, 4) is 11.6 Å². The Morgan fingerprint density at radius 3 is 2.47 bits per heavy atom. The highest BCUT2D eigenvalue weighted by molar-refractivity contribution is 7.62. The second kappa shape index (κ2) is 9.55. The van der Waals surface area contributed by atoms with Crippen molar-refractivity contribution >= 4 is 50.1 Å². The number of rotatable bonds is 5. The predicted molar refractivity (Wildman–Crippen MR) is 139 cm³/mol. The summed E-state index contributed by atoms with van der Waals surface area (Å²) in [5, 5.41) is 15.0. The lowest BCUT2D eigenvalue weighted by Gasteiger charge is -2.36. The van der Waals surface area contributed by atoms with Gasteiger partial charge in [0.25, 0.3) is 5.91 Å². The van der Waals surface area contributed by atoms with Gasteiger partial charge in [-0.2, -0.15) is 23.5 Å². The fraction of sp³-hybridized carbons (Fsp3) is 0.208. The van der Waals surface area contributed by atoms with E-state index in [-0.39, 0.29) is 12.3 Å². The molecule has 3 aromatic heterocycles. The fourth-order valence-corrected chi connectivity index (χ4v) is 4.77. The van der Waals surface area contributed by atoms with Crippen LogP contribution in [-0.2, 0) is 21.8 Å². The molecule has 0 saturated carbocycles. The normalized spacial score (nSPS) is 13.8. The lowest BCUT2D eigenvalue weighted by Crippen LogP contribution is -2.47. The Morgan fingerprint density at radius 1 is 0.974 bits per heavy atom. The van der Waals surface area contributed by atoms with E-state index in [1.165, 1.54) is 10.9 Å². The van der Waals surface area contributed by atoms with Crippen LogP contribution in [0, 0.1) is 0 Å². The summed E-state index contributed by atoms with van der Waals surface area (Å²) < 4.78 is 27.9. The van der Waals surface area contributed by atoms with Crippen molar-refractivity contribution in [2.24, 2.45) is 4.36 Å². The number of benzene rings is 2. The first-order valence-electron chi connectivity index (χ1n) is 11.7. The van der Waals surface area contributed by atoms with Crippen LogP contribution >= 0.6 is 0 Å². The summed E-state index contributed by atoms with van der Waals surface area (Å²) in [6, 6.07) is 14.8. The highest BCUT2D eigenvalue weighted by Crippen LogP contribution is 2.26. The molecule has 1 aliphatic heterocycles. The van der Waals surface area contributed by atoms with E-state index in [9.17, 15) is 18.3 Å². The van der Waals surface area contributed by atoms with Crippen molar-refractivity contribution in [1.82, 2.24) is 29.3 Å². The van der Waals surface area contributed by atoms with Crippen LogP contribution in [0.4, 0.5) is 11.6 Å². The number of hydrogen-bond acceptors (Lipinski definition) is 10. The molecular weight excluding hydrogens is 510 g/mol. The number of anilines is 2. The molecule has 1 aliphatic rings. The third-order valence-electron chi connectivity index (χ3n) is 6.37. The first-order valence-corrected chi connectivity index (χ1v) is 12.8. The van der Waals surface area contributed by atoms with Crippen molar-refractivity contribution in [3.05, 3.63) is 61.1 Å². The van der Waals surface area contributed by atoms with E-state index >= 15 is 0 Å². The molecule has 38 heavy (non-hydrogen) atoms. The maximum absolute atomic E-state index is 12.1. The predicted octanol–water partition coefficient (Wildman–Crippen LogP) is 1.79. The van der Waals surface area contributed by atoms with E-state index < -0.39 is 16.4 Å². The molecule has 0 aliphatic carbocycles. The van der Waals surface area contributed by atoms with Gasteiger partial charge in [-0.05, 0) is 30.3 Å². The van der Waals surface area contributed by atoms with Gasteiger partial charge < -0.3 is 19.5 Å². The summed E-state index contributed by atoms with van der Waals surface area (Å²) in [6.45, 7) is 2.33. The molecule has 14 heteroatoms. The van der Waals surface area contributed by atoms with Gasteiger partial charge in [-0.1, -0.05) is 22.6 Å². The number of aromatic hydroxyl groups is 1.